The minimum Gasteiger partial charge on any atom is -0.389 e. The summed E-state index contributed by atoms with van der Waals surface area (Å²) in [6.45, 7) is 7.37. The molecule has 0 spiro atoms. The van der Waals surface area contributed by atoms with E-state index in [1.165, 1.54) is 0 Å². The van der Waals surface area contributed by atoms with Gasteiger partial charge in [0.05, 0.1) is 12.7 Å². The van der Waals surface area contributed by atoms with Crippen LogP contribution in [-0.2, 0) is 4.74 Å². The first-order valence-corrected chi connectivity index (χ1v) is 4.34. The number of hydrogen-bond donors (Lipinski definition) is 2. The fourth-order valence-electron chi connectivity index (χ4n) is 0.687. The van der Waals surface area contributed by atoms with E-state index in [0.29, 0.717) is 31.3 Å². The van der Waals surface area contributed by atoms with Gasteiger partial charge < -0.3 is 15.2 Å². The van der Waals surface area contributed by atoms with E-state index in [-0.39, 0.29) is 0 Å². The first-order valence-electron chi connectivity index (χ1n) is 3.96. The van der Waals surface area contributed by atoms with Gasteiger partial charge in [-0.25, -0.2) is 0 Å². The highest BCUT2D eigenvalue weighted by molar-refractivity contribution is 6.29. The van der Waals surface area contributed by atoms with Crippen molar-refractivity contribution in [3.05, 3.63) is 11.6 Å². The zero-order valence-corrected chi connectivity index (χ0v) is 8.10. The average molecular weight is 194 g/mol. The maximum atomic E-state index is 9.23. The van der Waals surface area contributed by atoms with Crippen LogP contribution < -0.4 is 5.32 Å². The van der Waals surface area contributed by atoms with Gasteiger partial charge in [-0.2, -0.15) is 0 Å². The quantitative estimate of drug-likeness (QED) is 0.627. The fourth-order valence-corrected chi connectivity index (χ4v) is 0.782. The summed E-state index contributed by atoms with van der Waals surface area (Å²) in [4.78, 5) is 0. The molecular formula is C8H16ClNO2. The number of nitrogens with one attached hydrogen (secondary N) is 1. The third-order valence-electron chi connectivity index (χ3n) is 1.21. The predicted molar refractivity (Wildman–Crippen MR) is 50.4 cm³/mol. The number of ether oxygens (including phenoxy) is 1. The van der Waals surface area contributed by atoms with Crippen LogP contribution in [0.25, 0.3) is 0 Å². The molecule has 0 aliphatic heterocycles. The molecule has 0 saturated heterocycles. The summed E-state index contributed by atoms with van der Waals surface area (Å²) < 4.78 is 5.01. The van der Waals surface area contributed by atoms with Crippen LogP contribution in [0.15, 0.2) is 11.6 Å². The van der Waals surface area contributed by atoms with Crippen molar-refractivity contribution in [2.45, 2.75) is 13.0 Å². The molecule has 0 amide bonds. The molecule has 2 N–H and O–H groups in total. The molecule has 1 unspecified atom stereocenters. The molecule has 4 heteroatoms. The Morgan fingerprint density at radius 1 is 1.75 bits per heavy atom. The van der Waals surface area contributed by atoms with Gasteiger partial charge in [0.2, 0.25) is 0 Å². The molecule has 0 radical (unpaired) electrons. The number of aliphatic hydroxyl groups excluding tert-OH is 1. The van der Waals surface area contributed by atoms with Gasteiger partial charge in [0.15, 0.2) is 0 Å². The molecule has 72 valence electrons. The maximum Gasteiger partial charge on any atom is 0.0897 e. The van der Waals surface area contributed by atoms with E-state index in [0.717, 1.165) is 0 Å². The lowest BCUT2D eigenvalue weighted by molar-refractivity contribution is 0.0433. The topological polar surface area (TPSA) is 41.5 Å². The lowest BCUT2D eigenvalue weighted by Gasteiger charge is -2.10. The van der Waals surface area contributed by atoms with E-state index in [1.54, 1.807) is 0 Å². The highest BCUT2D eigenvalue weighted by Crippen LogP contribution is 1.92. The van der Waals surface area contributed by atoms with E-state index in [1.807, 2.05) is 6.92 Å². The van der Waals surface area contributed by atoms with Crippen LogP contribution in [0, 0.1) is 0 Å². The van der Waals surface area contributed by atoms with E-state index in [2.05, 4.69) is 11.9 Å². The second-order valence-electron chi connectivity index (χ2n) is 2.46. The van der Waals surface area contributed by atoms with E-state index < -0.39 is 6.10 Å². The van der Waals surface area contributed by atoms with Crippen LogP contribution in [0.4, 0.5) is 0 Å². The Kier molecular flexibility index (Phi) is 7.50. The minimum absolute atomic E-state index is 0.359. The summed E-state index contributed by atoms with van der Waals surface area (Å²) in [5, 5.41) is 12.7. The normalized spacial score (nSPS) is 12.9. The largest absolute Gasteiger partial charge is 0.389 e. The molecule has 0 aliphatic carbocycles. The van der Waals surface area contributed by atoms with E-state index >= 15 is 0 Å². The summed E-state index contributed by atoms with van der Waals surface area (Å²) >= 11 is 5.50. The van der Waals surface area contributed by atoms with E-state index in [4.69, 9.17) is 16.3 Å². The second-order valence-corrected chi connectivity index (χ2v) is 3.00. The zero-order valence-electron chi connectivity index (χ0n) is 7.35. The Bertz CT molecular complexity index is 130. The number of aliphatic hydroxyl groups is 1. The van der Waals surface area contributed by atoms with Crippen LogP contribution in [0.5, 0.6) is 0 Å². The van der Waals surface area contributed by atoms with Crippen molar-refractivity contribution < 1.29 is 9.84 Å². The SMILES string of the molecule is C=C(Cl)CNCC(O)COCC. The van der Waals surface area contributed by atoms with Crippen molar-refractivity contribution in [1.29, 1.82) is 0 Å². The fraction of sp³-hybridized carbons (Fsp3) is 0.750. The molecule has 0 heterocycles. The molecule has 0 aromatic carbocycles. The summed E-state index contributed by atoms with van der Waals surface area (Å²) in [7, 11) is 0. The smallest absolute Gasteiger partial charge is 0.0897 e. The lowest BCUT2D eigenvalue weighted by atomic mass is 10.4. The molecule has 0 fully saturated rings. The van der Waals surface area contributed by atoms with E-state index in [9.17, 15) is 5.11 Å². The highest BCUT2D eigenvalue weighted by Gasteiger charge is 2.02. The number of rotatable bonds is 7. The van der Waals surface area contributed by atoms with Crippen molar-refractivity contribution in [3.63, 3.8) is 0 Å². The standard InChI is InChI=1S/C8H16ClNO2/c1-3-12-6-8(11)5-10-4-7(2)9/h8,10-11H,2-6H2,1H3. The Labute approximate surface area is 78.4 Å². The van der Waals surface area contributed by atoms with Crippen molar-refractivity contribution in [1.82, 2.24) is 5.32 Å². The average Bonchev–Trinajstić information content (AvgIpc) is 2.00. The summed E-state index contributed by atoms with van der Waals surface area (Å²) in [6, 6.07) is 0. The zero-order chi connectivity index (χ0) is 9.40. The van der Waals surface area contributed by atoms with Gasteiger partial charge in [0.25, 0.3) is 0 Å². The van der Waals surface area contributed by atoms with Gasteiger partial charge in [-0.05, 0) is 6.92 Å². The maximum absolute atomic E-state index is 9.23. The summed E-state index contributed by atoms with van der Waals surface area (Å²) in [6.07, 6.45) is -0.471. The molecule has 0 bridgehead atoms. The van der Waals surface area contributed by atoms with Crippen LogP contribution in [0.2, 0.25) is 0 Å². The Balaban J connectivity index is 3.19. The molecule has 0 saturated carbocycles. The monoisotopic (exact) mass is 193 g/mol. The third kappa shape index (κ3) is 8.01. The molecule has 0 aromatic rings. The van der Waals surface area contributed by atoms with Crippen LogP contribution in [0.1, 0.15) is 6.92 Å². The van der Waals surface area contributed by atoms with Gasteiger partial charge in [-0.15, -0.1) is 0 Å². The van der Waals surface area contributed by atoms with Crippen LogP contribution in [0.3, 0.4) is 0 Å². The predicted octanol–water partition coefficient (Wildman–Crippen LogP) is 0.726. The number of hydrogen-bond acceptors (Lipinski definition) is 3. The first-order chi connectivity index (χ1) is 5.66. The first kappa shape index (κ1) is 11.9. The van der Waals surface area contributed by atoms with Crippen LogP contribution in [-0.4, -0.2) is 37.5 Å². The summed E-state index contributed by atoms with van der Waals surface area (Å²) in [5.41, 5.74) is 0. The molecule has 0 aliphatic rings. The van der Waals surface area contributed by atoms with Crippen molar-refractivity contribution in [3.8, 4) is 0 Å². The van der Waals surface area contributed by atoms with Gasteiger partial charge in [-0.1, -0.05) is 18.2 Å². The molecule has 0 aromatic heterocycles. The molecule has 0 rings (SSSR count). The Morgan fingerprint density at radius 2 is 2.42 bits per heavy atom. The second kappa shape index (κ2) is 7.55. The van der Waals surface area contributed by atoms with Crippen molar-refractivity contribution in [2.75, 3.05) is 26.3 Å². The van der Waals surface area contributed by atoms with Crippen LogP contribution >= 0.6 is 11.6 Å². The number of halogens is 1. The summed E-state index contributed by atoms with van der Waals surface area (Å²) in [5.74, 6) is 0. The highest BCUT2D eigenvalue weighted by atomic mass is 35.5. The molecular weight excluding hydrogens is 178 g/mol. The third-order valence-corrected chi connectivity index (χ3v) is 1.34. The Morgan fingerprint density at radius 3 is 2.92 bits per heavy atom. The van der Waals surface area contributed by atoms with Gasteiger partial charge in [0.1, 0.15) is 0 Å². The molecule has 3 nitrogen and oxygen atoms in total. The van der Waals surface area contributed by atoms with Gasteiger partial charge >= 0.3 is 0 Å². The van der Waals surface area contributed by atoms with Gasteiger partial charge in [-0.3, -0.25) is 0 Å². The van der Waals surface area contributed by atoms with Crippen molar-refractivity contribution in [2.24, 2.45) is 0 Å². The van der Waals surface area contributed by atoms with Crippen molar-refractivity contribution >= 4 is 11.6 Å². The lowest BCUT2D eigenvalue weighted by Crippen LogP contribution is -2.31. The molecule has 1 atom stereocenters. The Hall–Kier alpha value is -0.0900. The molecule has 12 heavy (non-hydrogen) atoms. The minimum atomic E-state index is -0.471. The van der Waals surface area contributed by atoms with Gasteiger partial charge in [0, 0.05) is 24.7 Å².